The fourth-order valence-electron chi connectivity index (χ4n) is 2.41. The molecule has 2 N–H and O–H groups in total. The van der Waals surface area contributed by atoms with E-state index in [1.54, 1.807) is 6.08 Å². The van der Waals surface area contributed by atoms with Crippen LogP contribution in [0.4, 0.5) is 0 Å². The average molecular weight is 305 g/mol. The topological polar surface area (TPSA) is 72.9 Å². The number of piperidine rings is 1. The quantitative estimate of drug-likeness (QED) is 0.590. The zero-order chi connectivity index (χ0) is 15.0. The highest BCUT2D eigenvalue weighted by Gasteiger charge is 2.31. The van der Waals surface area contributed by atoms with Gasteiger partial charge in [0.15, 0.2) is 0 Å². The van der Waals surface area contributed by atoms with E-state index in [0.717, 1.165) is 25.9 Å². The van der Waals surface area contributed by atoms with E-state index in [4.69, 9.17) is 5.11 Å². The first-order valence-corrected chi connectivity index (χ1v) is 8.63. The molecule has 0 aliphatic carbocycles. The maximum Gasteiger partial charge on any atom is 0.282 e. The van der Waals surface area contributed by atoms with Crippen LogP contribution in [0.1, 0.15) is 19.8 Å². The molecule has 1 aliphatic rings. The molecule has 6 nitrogen and oxygen atoms in total. The second kappa shape index (κ2) is 8.74. The standard InChI is InChI=1S/C13H27N3O3S/c1-3-7-15(10-11-17)20(18,19)16-8-5-13(6-9-16)12-14-4-2/h3,13-14,17H,1,4-12H2,2H3. The van der Waals surface area contributed by atoms with Gasteiger partial charge in [-0.3, -0.25) is 0 Å². The van der Waals surface area contributed by atoms with Crippen molar-refractivity contribution in [1.29, 1.82) is 0 Å². The smallest absolute Gasteiger partial charge is 0.282 e. The Morgan fingerprint density at radius 2 is 2.10 bits per heavy atom. The minimum atomic E-state index is -3.48. The van der Waals surface area contributed by atoms with Crippen molar-refractivity contribution in [3.05, 3.63) is 12.7 Å². The van der Waals surface area contributed by atoms with Crippen LogP contribution in [0.2, 0.25) is 0 Å². The monoisotopic (exact) mass is 305 g/mol. The molecule has 0 aromatic carbocycles. The molecule has 7 heteroatoms. The van der Waals surface area contributed by atoms with Crippen LogP contribution in [0, 0.1) is 5.92 Å². The van der Waals surface area contributed by atoms with E-state index in [2.05, 4.69) is 18.8 Å². The first-order valence-electron chi connectivity index (χ1n) is 7.24. The molecule has 1 heterocycles. The van der Waals surface area contributed by atoms with Gasteiger partial charge in [-0.15, -0.1) is 6.58 Å². The van der Waals surface area contributed by atoms with Gasteiger partial charge in [-0.05, 0) is 31.8 Å². The van der Waals surface area contributed by atoms with Crippen LogP contribution in [-0.2, 0) is 10.2 Å². The Morgan fingerprint density at radius 1 is 1.45 bits per heavy atom. The van der Waals surface area contributed by atoms with Gasteiger partial charge < -0.3 is 10.4 Å². The van der Waals surface area contributed by atoms with Crippen molar-refractivity contribution in [3.63, 3.8) is 0 Å². The molecular weight excluding hydrogens is 278 g/mol. The highest BCUT2D eigenvalue weighted by molar-refractivity contribution is 7.86. The summed E-state index contributed by atoms with van der Waals surface area (Å²) < 4.78 is 27.7. The zero-order valence-corrected chi connectivity index (χ0v) is 13.1. The van der Waals surface area contributed by atoms with Crippen molar-refractivity contribution in [2.24, 2.45) is 5.92 Å². The molecule has 0 unspecified atom stereocenters. The Morgan fingerprint density at radius 3 is 2.60 bits per heavy atom. The van der Waals surface area contributed by atoms with Crippen molar-refractivity contribution >= 4 is 10.2 Å². The third-order valence-electron chi connectivity index (χ3n) is 3.59. The Kier molecular flexibility index (Phi) is 7.68. The van der Waals surface area contributed by atoms with Crippen LogP contribution in [-0.4, -0.2) is 68.0 Å². The Labute approximate surface area is 122 Å². The second-order valence-electron chi connectivity index (χ2n) is 5.03. The lowest BCUT2D eigenvalue weighted by Crippen LogP contribution is -2.48. The van der Waals surface area contributed by atoms with Crippen LogP contribution in [0.25, 0.3) is 0 Å². The van der Waals surface area contributed by atoms with Gasteiger partial charge in [0.05, 0.1) is 6.61 Å². The highest BCUT2D eigenvalue weighted by atomic mass is 32.2. The summed E-state index contributed by atoms with van der Waals surface area (Å²) in [7, 11) is -3.48. The summed E-state index contributed by atoms with van der Waals surface area (Å²) in [6.45, 7) is 8.83. The summed E-state index contributed by atoms with van der Waals surface area (Å²) in [6.07, 6.45) is 3.31. The van der Waals surface area contributed by atoms with Gasteiger partial charge in [-0.2, -0.15) is 17.0 Å². The predicted molar refractivity (Wildman–Crippen MR) is 80.6 cm³/mol. The number of aliphatic hydroxyl groups excluding tert-OH is 1. The van der Waals surface area contributed by atoms with Gasteiger partial charge in [0.2, 0.25) is 0 Å². The molecule has 1 aliphatic heterocycles. The van der Waals surface area contributed by atoms with Crippen molar-refractivity contribution in [2.45, 2.75) is 19.8 Å². The summed E-state index contributed by atoms with van der Waals surface area (Å²) in [5.41, 5.74) is 0. The van der Waals surface area contributed by atoms with Gasteiger partial charge in [0.25, 0.3) is 10.2 Å². The van der Waals surface area contributed by atoms with E-state index in [1.807, 2.05) is 0 Å². The first kappa shape index (κ1) is 17.6. The van der Waals surface area contributed by atoms with Gasteiger partial charge in [-0.25, -0.2) is 0 Å². The fraction of sp³-hybridized carbons (Fsp3) is 0.846. The summed E-state index contributed by atoms with van der Waals surface area (Å²) in [6, 6.07) is 0. The lowest BCUT2D eigenvalue weighted by molar-refractivity contribution is 0.230. The number of rotatable bonds is 9. The van der Waals surface area contributed by atoms with Crippen LogP contribution >= 0.6 is 0 Å². The highest BCUT2D eigenvalue weighted by Crippen LogP contribution is 2.20. The molecule has 0 spiro atoms. The van der Waals surface area contributed by atoms with Crippen LogP contribution < -0.4 is 5.32 Å². The predicted octanol–water partition coefficient (Wildman–Crippen LogP) is 0.0330. The number of hydrogen-bond acceptors (Lipinski definition) is 4. The molecule has 20 heavy (non-hydrogen) atoms. The zero-order valence-electron chi connectivity index (χ0n) is 12.3. The van der Waals surface area contributed by atoms with Crippen LogP contribution in [0.15, 0.2) is 12.7 Å². The van der Waals surface area contributed by atoms with E-state index >= 15 is 0 Å². The molecule has 0 amide bonds. The molecular formula is C13H27N3O3S. The molecule has 0 aromatic rings. The molecule has 1 fully saturated rings. The minimum absolute atomic E-state index is 0.117. The van der Waals surface area contributed by atoms with E-state index < -0.39 is 10.2 Å². The first-order chi connectivity index (χ1) is 9.56. The van der Waals surface area contributed by atoms with E-state index in [-0.39, 0.29) is 19.7 Å². The second-order valence-corrected chi connectivity index (χ2v) is 6.96. The maximum atomic E-state index is 12.5. The van der Waals surface area contributed by atoms with Crippen LogP contribution in [0.3, 0.4) is 0 Å². The van der Waals surface area contributed by atoms with E-state index in [9.17, 15) is 8.42 Å². The molecule has 0 atom stereocenters. The normalized spacial score (nSPS) is 18.6. The average Bonchev–Trinajstić information content (AvgIpc) is 2.45. The van der Waals surface area contributed by atoms with Gasteiger partial charge in [0, 0.05) is 26.2 Å². The largest absolute Gasteiger partial charge is 0.395 e. The lowest BCUT2D eigenvalue weighted by Gasteiger charge is -2.34. The Hall–Kier alpha value is -0.470. The molecule has 0 radical (unpaired) electrons. The van der Waals surface area contributed by atoms with Gasteiger partial charge in [0.1, 0.15) is 0 Å². The lowest BCUT2D eigenvalue weighted by atomic mass is 9.98. The Balaban J connectivity index is 2.58. The molecule has 0 saturated carbocycles. The summed E-state index contributed by atoms with van der Waals surface area (Å²) in [5, 5.41) is 12.3. The van der Waals surface area contributed by atoms with Gasteiger partial charge >= 0.3 is 0 Å². The number of hydrogen-bond donors (Lipinski definition) is 2. The molecule has 0 bridgehead atoms. The SMILES string of the molecule is C=CCN(CCO)S(=O)(=O)N1CCC(CNCC)CC1. The molecule has 1 saturated heterocycles. The van der Waals surface area contributed by atoms with Gasteiger partial charge in [-0.1, -0.05) is 13.0 Å². The molecule has 1 rings (SSSR count). The molecule has 118 valence electrons. The minimum Gasteiger partial charge on any atom is -0.395 e. The van der Waals surface area contributed by atoms with Crippen molar-refractivity contribution in [3.8, 4) is 0 Å². The van der Waals surface area contributed by atoms with E-state index in [0.29, 0.717) is 19.0 Å². The maximum absolute atomic E-state index is 12.5. The number of aliphatic hydroxyl groups is 1. The number of nitrogens with one attached hydrogen (secondary N) is 1. The van der Waals surface area contributed by atoms with Crippen molar-refractivity contribution < 1.29 is 13.5 Å². The molecule has 0 aromatic heterocycles. The fourth-order valence-corrected chi connectivity index (χ4v) is 4.02. The third-order valence-corrected chi connectivity index (χ3v) is 5.59. The van der Waals surface area contributed by atoms with Crippen LogP contribution in [0.5, 0.6) is 0 Å². The Bertz CT molecular complexity index is 378. The van der Waals surface area contributed by atoms with Crippen molar-refractivity contribution in [1.82, 2.24) is 13.9 Å². The summed E-state index contributed by atoms with van der Waals surface area (Å²) in [4.78, 5) is 0. The van der Waals surface area contributed by atoms with Crippen molar-refractivity contribution in [2.75, 3.05) is 45.9 Å². The summed E-state index contributed by atoms with van der Waals surface area (Å²) >= 11 is 0. The number of nitrogens with zero attached hydrogens (tertiary/aromatic N) is 2. The van der Waals surface area contributed by atoms with E-state index in [1.165, 1.54) is 8.61 Å². The third kappa shape index (κ3) is 4.82. The summed E-state index contributed by atoms with van der Waals surface area (Å²) in [5.74, 6) is 0.548.